The van der Waals surface area contributed by atoms with E-state index in [1.165, 1.54) is 6.92 Å². The molecule has 1 aromatic rings. The number of nitrogens with zero attached hydrogens (tertiary/aromatic N) is 1. The van der Waals surface area contributed by atoms with Gasteiger partial charge in [-0.2, -0.15) is 5.26 Å². The molecule has 0 aromatic heterocycles. The third kappa shape index (κ3) is 4.26. The van der Waals surface area contributed by atoms with Crippen molar-refractivity contribution < 1.29 is 24.5 Å². The Bertz CT molecular complexity index is 538. The van der Waals surface area contributed by atoms with E-state index in [2.05, 4.69) is 5.32 Å². The highest BCUT2D eigenvalue weighted by Gasteiger charge is 2.19. The van der Waals surface area contributed by atoms with Gasteiger partial charge in [0, 0.05) is 0 Å². The Labute approximate surface area is 115 Å². The molecule has 1 amide bonds. The number of ether oxygens (including phenoxy) is 1. The summed E-state index contributed by atoms with van der Waals surface area (Å²) in [6, 6.07) is 8.36. The second-order valence-electron chi connectivity index (χ2n) is 3.97. The Kier molecular flexibility index (Phi) is 5.50. The van der Waals surface area contributed by atoms with Gasteiger partial charge < -0.3 is 20.3 Å². The maximum absolute atomic E-state index is 11.7. The number of nitriles is 1. The largest absolute Gasteiger partial charge is 0.480 e. The van der Waals surface area contributed by atoms with Gasteiger partial charge in [0.2, 0.25) is 0 Å². The van der Waals surface area contributed by atoms with Crippen molar-refractivity contribution in [2.45, 2.75) is 19.1 Å². The molecule has 0 saturated heterocycles. The minimum absolute atomic E-state index is 0.261. The molecule has 0 aliphatic heterocycles. The first-order valence-electron chi connectivity index (χ1n) is 5.80. The quantitative estimate of drug-likeness (QED) is 0.667. The number of para-hydroxylation sites is 1. The average molecular weight is 278 g/mol. The number of carboxylic acids is 1. The number of hydrogen-bond acceptors (Lipinski definition) is 5. The molecule has 20 heavy (non-hydrogen) atoms. The van der Waals surface area contributed by atoms with Crippen LogP contribution in [0.3, 0.4) is 0 Å². The van der Waals surface area contributed by atoms with Gasteiger partial charge in [-0.1, -0.05) is 12.1 Å². The van der Waals surface area contributed by atoms with Gasteiger partial charge in [0.25, 0.3) is 5.91 Å². The molecule has 2 atom stereocenters. The molecule has 0 bridgehead atoms. The van der Waals surface area contributed by atoms with Crippen molar-refractivity contribution in [3.8, 4) is 11.8 Å². The first kappa shape index (κ1) is 15.5. The van der Waals surface area contributed by atoms with Crippen LogP contribution in [0.25, 0.3) is 0 Å². The molecule has 0 aliphatic carbocycles. The van der Waals surface area contributed by atoms with Gasteiger partial charge >= 0.3 is 5.97 Å². The fraction of sp³-hybridized carbons (Fsp3) is 0.308. The molecule has 3 N–H and O–H groups in total. The standard InChI is InChI=1S/C13H14N2O5/c1-8(12(17)15-7-10(16)13(18)19)20-11-5-3-2-4-9(11)6-14/h2-5,8,10,16H,7H2,1H3,(H,15,17)(H,18,19). The van der Waals surface area contributed by atoms with Crippen LogP contribution in [0.4, 0.5) is 0 Å². The van der Waals surface area contributed by atoms with Crippen LogP contribution in [0.15, 0.2) is 24.3 Å². The monoisotopic (exact) mass is 278 g/mol. The number of amides is 1. The summed E-state index contributed by atoms with van der Waals surface area (Å²) in [7, 11) is 0. The van der Waals surface area contributed by atoms with E-state index < -0.39 is 30.6 Å². The Morgan fingerprint density at radius 3 is 2.70 bits per heavy atom. The van der Waals surface area contributed by atoms with E-state index in [1.54, 1.807) is 24.3 Å². The number of aliphatic carboxylic acids is 1. The van der Waals surface area contributed by atoms with E-state index in [1.807, 2.05) is 6.07 Å². The van der Waals surface area contributed by atoms with Gasteiger partial charge in [0.15, 0.2) is 12.2 Å². The zero-order valence-electron chi connectivity index (χ0n) is 10.7. The van der Waals surface area contributed by atoms with Crippen molar-refractivity contribution in [1.29, 1.82) is 5.26 Å². The summed E-state index contributed by atoms with van der Waals surface area (Å²) < 4.78 is 5.33. The fourth-order valence-electron chi connectivity index (χ4n) is 1.33. The molecule has 7 nitrogen and oxygen atoms in total. The van der Waals surface area contributed by atoms with Crippen LogP contribution in [-0.2, 0) is 9.59 Å². The zero-order chi connectivity index (χ0) is 15.1. The highest BCUT2D eigenvalue weighted by Crippen LogP contribution is 2.18. The lowest BCUT2D eigenvalue weighted by Crippen LogP contribution is -2.42. The van der Waals surface area contributed by atoms with Gasteiger partial charge in [0.05, 0.1) is 12.1 Å². The smallest absolute Gasteiger partial charge is 0.334 e. The molecule has 0 saturated carbocycles. The van der Waals surface area contributed by atoms with Crippen LogP contribution in [0.1, 0.15) is 12.5 Å². The molecular formula is C13H14N2O5. The molecule has 2 unspecified atom stereocenters. The van der Waals surface area contributed by atoms with Crippen molar-refractivity contribution in [2.75, 3.05) is 6.54 Å². The molecule has 0 heterocycles. The first-order chi connectivity index (χ1) is 9.45. The zero-order valence-corrected chi connectivity index (χ0v) is 10.7. The van der Waals surface area contributed by atoms with Crippen molar-refractivity contribution in [3.05, 3.63) is 29.8 Å². The van der Waals surface area contributed by atoms with Crippen molar-refractivity contribution in [2.24, 2.45) is 0 Å². The van der Waals surface area contributed by atoms with E-state index in [4.69, 9.17) is 20.2 Å². The summed E-state index contributed by atoms with van der Waals surface area (Å²) >= 11 is 0. The van der Waals surface area contributed by atoms with Crippen LogP contribution in [-0.4, -0.2) is 40.8 Å². The number of carbonyl (C=O) groups excluding carboxylic acids is 1. The van der Waals surface area contributed by atoms with Crippen LogP contribution < -0.4 is 10.1 Å². The summed E-state index contributed by atoms with van der Waals surface area (Å²) in [5.74, 6) is -1.75. The number of carboxylic acid groups (broad SMARTS) is 1. The topological polar surface area (TPSA) is 120 Å². The summed E-state index contributed by atoms with van der Waals surface area (Å²) in [5, 5.41) is 28.6. The van der Waals surface area contributed by atoms with Crippen LogP contribution in [0, 0.1) is 11.3 Å². The highest BCUT2D eigenvalue weighted by atomic mass is 16.5. The Morgan fingerprint density at radius 2 is 2.10 bits per heavy atom. The third-order valence-corrected chi connectivity index (χ3v) is 2.44. The fourth-order valence-corrected chi connectivity index (χ4v) is 1.33. The molecule has 1 rings (SSSR count). The molecule has 1 aromatic carbocycles. The predicted molar refractivity (Wildman–Crippen MR) is 67.9 cm³/mol. The Balaban J connectivity index is 2.58. The maximum Gasteiger partial charge on any atom is 0.334 e. The Morgan fingerprint density at radius 1 is 1.45 bits per heavy atom. The summed E-state index contributed by atoms with van der Waals surface area (Å²) in [5.41, 5.74) is 0.290. The van der Waals surface area contributed by atoms with E-state index in [9.17, 15) is 9.59 Å². The summed E-state index contributed by atoms with van der Waals surface area (Å²) in [6.07, 6.45) is -2.59. The van der Waals surface area contributed by atoms with E-state index in [-0.39, 0.29) is 11.3 Å². The van der Waals surface area contributed by atoms with Gasteiger partial charge in [0.1, 0.15) is 11.8 Å². The SMILES string of the molecule is CC(Oc1ccccc1C#N)C(=O)NCC(O)C(=O)O. The number of aliphatic hydroxyl groups is 1. The lowest BCUT2D eigenvalue weighted by atomic mass is 10.2. The van der Waals surface area contributed by atoms with Crippen molar-refractivity contribution in [3.63, 3.8) is 0 Å². The molecule has 0 aliphatic rings. The lowest BCUT2D eigenvalue weighted by Gasteiger charge is -2.16. The lowest BCUT2D eigenvalue weighted by molar-refractivity contribution is -0.146. The summed E-state index contributed by atoms with van der Waals surface area (Å²) in [4.78, 5) is 22.0. The molecule has 7 heteroatoms. The van der Waals surface area contributed by atoms with Gasteiger partial charge in [-0.05, 0) is 19.1 Å². The van der Waals surface area contributed by atoms with E-state index in [0.29, 0.717) is 0 Å². The van der Waals surface area contributed by atoms with Gasteiger partial charge in [-0.25, -0.2) is 4.79 Å². The minimum Gasteiger partial charge on any atom is -0.480 e. The molecule has 0 fully saturated rings. The van der Waals surface area contributed by atoms with Gasteiger partial charge in [-0.3, -0.25) is 4.79 Å². The van der Waals surface area contributed by atoms with Crippen LogP contribution in [0.5, 0.6) is 5.75 Å². The number of nitrogens with one attached hydrogen (secondary N) is 1. The van der Waals surface area contributed by atoms with Crippen molar-refractivity contribution in [1.82, 2.24) is 5.32 Å². The van der Waals surface area contributed by atoms with E-state index >= 15 is 0 Å². The predicted octanol–water partition coefficient (Wildman–Crippen LogP) is -0.113. The molecule has 0 radical (unpaired) electrons. The molecule has 106 valence electrons. The normalized spacial score (nSPS) is 12.8. The first-order valence-corrected chi connectivity index (χ1v) is 5.80. The van der Waals surface area contributed by atoms with Gasteiger partial charge in [-0.15, -0.1) is 0 Å². The van der Waals surface area contributed by atoms with Crippen molar-refractivity contribution >= 4 is 11.9 Å². The summed E-state index contributed by atoms with van der Waals surface area (Å²) in [6.45, 7) is 1.04. The highest BCUT2D eigenvalue weighted by molar-refractivity contribution is 5.81. The number of carbonyl (C=O) groups is 2. The minimum atomic E-state index is -1.67. The Hall–Kier alpha value is -2.59. The number of hydrogen-bond donors (Lipinski definition) is 3. The average Bonchev–Trinajstić information content (AvgIpc) is 2.44. The van der Waals surface area contributed by atoms with E-state index in [0.717, 1.165) is 0 Å². The number of aliphatic hydroxyl groups excluding tert-OH is 1. The second-order valence-corrected chi connectivity index (χ2v) is 3.97. The van der Waals surface area contributed by atoms with Crippen LogP contribution >= 0.6 is 0 Å². The second kappa shape index (κ2) is 7.11. The van der Waals surface area contributed by atoms with Crippen LogP contribution in [0.2, 0.25) is 0 Å². The molecule has 0 spiro atoms. The third-order valence-electron chi connectivity index (χ3n) is 2.44. The number of benzene rings is 1. The number of rotatable bonds is 6. The molecular weight excluding hydrogens is 264 g/mol. The maximum atomic E-state index is 11.7.